The second kappa shape index (κ2) is 8.67. The van der Waals surface area contributed by atoms with Crippen LogP contribution < -0.4 is 9.47 Å². The van der Waals surface area contributed by atoms with Crippen molar-refractivity contribution in [1.82, 2.24) is 4.98 Å². The lowest BCUT2D eigenvalue weighted by Crippen LogP contribution is -2.02. The molecule has 28 heavy (non-hydrogen) atoms. The molecule has 1 N–H and O–H groups in total. The third-order valence-electron chi connectivity index (χ3n) is 3.66. The smallest absolute Gasteiger partial charge is 0.307 e. The van der Waals surface area contributed by atoms with Gasteiger partial charge in [0, 0.05) is 23.4 Å². The minimum Gasteiger partial charge on any atom is -0.484 e. The second-order valence-corrected chi connectivity index (χ2v) is 6.21. The summed E-state index contributed by atoms with van der Waals surface area (Å²) in [5.74, 6) is -1.77. The van der Waals surface area contributed by atoms with Gasteiger partial charge in [-0.15, -0.1) is 0 Å². The molecule has 8 heteroatoms. The van der Waals surface area contributed by atoms with Crippen LogP contribution in [-0.2, 0) is 17.8 Å². The van der Waals surface area contributed by atoms with E-state index in [-0.39, 0.29) is 28.7 Å². The van der Waals surface area contributed by atoms with Gasteiger partial charge in [0.25, 0.3) is 0 Å². The predicted octanol–water partition coefficient (Wildman–Crippen LogP) is 5.01. The molecule has 0 aliphatic heterocycles. The molecule has 0 amide bonds. The minimum atomic E-state index is -1.12. The molecule has 0 saturated heterocycles. The number of carboxylic acids is 1. The number of aromatic nitrogens is 1. The number of hydrogen-bond acceptors (Lipinski definition) is 4. The van der Waals surface area contributed by atoms with Crippen LogP contribution in [0, 0.1) is 11.6 Å². The Balaban J connectivity index is 1.68. The van der Waals surface area contributed by atoms with Crippen LogP contribution in [0.3, 0.4) is 0 Å². The summed E-state index contributed by atoms with van der Waals surface area (Å²) >= 11 is 5.70. The SMILES string of the molecule is O=C(O)Cc1ccc(Oc2ccnc(COc3ccc(Cl)cc3F)c2)cc1F. The lowest BCUT2D eigenvalue weighted by molar-refractivity contribution is -0.136. The van der Waals surface area contributed by atoms with Crippen molar-refractivity contribution in [3.63, 3.8) is 0 Å². The summed E-state index contributed by atoms with van der Waals surface area (Å²) in [6.45, 7) is -0.0122. The summed E-state index contributed by atoms with van der Waals surface area (Å²) in [5, 5.41) is 9.01. The van der Waals surface area contributed by atoms with Crippen molar-refractivity contribution in [3.05, 3.63) is 82.6 Å². The molecule has 1 heterocycles. The zero-order valence-corrected chi connectivity index (χ0v) is 15.1. The molecular formula is C20H14ClF2NO4. The highest BCUT2D eigenvalue weighted by atomic mass is 35.5. The molecular weight excluding hydrogens is 392 g/mol. The van der Waals surface area contributed by atoms with Crippen molar-refractivity contribution in [2.45, 2.75) is 13.0 Å². The van der Waals surface area contributed by atoms with Gasteiger partial charge in [-0.25, -0.2) is 8.78 Å². The number of benzene rings is 2. The Morgan fingerprint density at radius 1 is 1.04 bits per heavy atom. The van der Waals surface area contributed by atoms with E-state index in [1.54, 1.807) is 12.1 Å². The van der Waals surface area contributed by atoms with Crippen LogP contribution in [0.4, 0.5) is 8.78 Å². The first-order valence-corrected chi connectivity index (χ1v) is 8.49. The predicted molar refractivity (Wildman–Crippen MR) is 97.8 cm³/mol. The maximum absolute atomic E-state index is 13.9. The van der Waals surface area contributed by atoms with Gasteiger partial charge in [-0.05, 0) is 35.9 Å². The van der Waals surface area contributed by atoms with Crippen LogP contribution in [-0.4, -0.2) is 16.1 Å². The number of pyridine rings is 1. The molecule has 144 valence electrons. The van der Waals surface area contributed by atoms with Gasteiger partial charge in [0.1, 0.15) is 23.9 Å². The van der Waals surface area contributed by atoms with E-state index in [9.17, 15) is 13.6 Å². The maximum atomic E-state index is 13.9. The Hall–Kier alpha value is -3.19. The molecule has 0 saturated carbocycles. The first-order valence-electron chi connectivity index (χ1n) is 8.11. The highest BCUT2D eigenvalue weighted by Crippen LogP contribution is 2.25. The van der Waals surface area contributed by atoms with E-state index in [1.807, 2.05) is 0 Å². The molecule has 5 nitrogen and oxygen atoms in total. The lowest BCUT2D eigenvalue weighted by atomic mass is 10.1. The topological polar surface area (TPSA) is 68.7 Å². The first-order chi connectivity index (χ1) is 13.4. The molecule has 0 aliphatic rings. The number of ether oxygens (including phenoxy) is 2. The van der Waals surface area contributed by atoms with Crippen LogP contribution in [0.5, 0.6) is 17.2 Å². The fourth-order valence-electron chi connectivity index (χ4n) is 2.38. The van der Waals surface area contributed by atoms with Crippen LogP contribution in [0.1, 0.15) is 11.3 Å². The number of nitrogens with zero attached hydrogens (tertiary/aromatic N) is 1. The monoisotopic (exact) mass is 405 g/mol. The van der Waals surface area contributed by atoms with Gasteiger partial charge in [-0.2, -0.15) is 0 Å². The highest BCUT2D eigenvalue weighted by Gasteiger charge is 2.10. The van der Waals surface area contributed by atoms with E-state index in [1.165, 1.54) is 30.5 Å². The zero-order chi connectivity index (χ0) is 20.1. The van der Waals surface area contributed by atoms with Crippen LogP contribution >= 0.6 is 11.6 Å². The lowest BCUT2D eigenvalue weighted by Gasteiger charge is -2.10. The van der Waals surface area contributed by atoms with Crippen LogP contribution in [0.15, 0.2) is 54.7 Å². The first kappa shape index (κ1) is 19.6. The number of aliphatic carboxylic acids is 1. The van der Waals surface area contributed by atoms with Crippen molar-refractivity contribution in [3.8, 4) is 17.2 Å². The Morgan fingerprint density at radius 2 is 1.82 bits per heavy atom. The van der Waals surface area contributed by atoms with Gasteiger partial charge in [0.05, 0.1) is 12.1 Å². The third kappa shape index (κ3) is 5.17. The fourth-order valence-corrected chi connectivity index (χ4v) is 2.54. The Labute approximate surface area is 164 Å². The number of carbonyl (C=O) groups is 1. The molecule has 0 fully saturated rings. The number of hydrogen-bond donors (Lipinski definition) is 1. The van der Waals surface area contributed by atoms with Gasteiger partial charge >= 0.3 is 5.97 Å². The average molecular weight is 406 g/mol. The van der Waals surface area contributed by atoms with Gasteiger partial charge in [0.2, 0.25) is 0 Å². The largest absolute Gasteiger partial charge is 0.484 e. The summed E-state index contributed by atoms with van der Waals surface area (Å²) in [6.07, 6.45) is 1.06. The summed E-state index contributed by atoms with van der Waals surface area (Å²) in [6, 6.07) is 11.1. The van der Waals surface area contributed by atoms with Crippen molar-refractivity contribution in [2.75, 3.05) is 0 Å². The van der Waals surface area contributed by atoms with E-state index in [4.69, 9.17) is 26.2 Å². The van der Waals surface area contributed by atoms with Gasteiger partial charge in [-0.1, -0.05) is 17.7 Å². The zero-order valence-electron chi connectivity index (χ0n) is 14.4. The van der Waals surface area contributed by atoms with Crippen molar-refractivity contribution in [2.24, 2.45) is 0 Å². The molecule has 3 rings (SSSR count). The minimum absolute atomic E-state index is 0.0122. The molecule has 0 aliphatic carbocycles. The molecule has 0 unspecified atom stereocenters. The van der Waals surface area contributed by atoms with Gasteiger partial charge in [0.15, 0.2) is 11.6 Å². The van der Waals surface area contributed by atoms with E-state index in [2.05, 4.69) is 4.98 Å². The summed E-state index contributed by atoms with van der Waals surface area (Å²) < 4.78 is 38.7. The normalized spacial score (nSPS) is 10.5. The molecule has 2 aromatic carbocycles. The Kier molecular flexibility index (Phi) is 6.06. The van der Waals surface area contributed by atoms with Crippen LogP contribution in [0.25, 0.3) is 0 Å². The van der Waals surface area contributed by atoms with Crippen molar-refractivity contribution in [1.29, 1.82) is 0 Å². The second-order valence-electron chi connectivity index (χ2n) is 5.77. The van der Waals surface area contributed by atoms with Crippen molar-refractivity contribution >= 4 is 17.6 Å². The standard InChI is InChI=1S/C20H14ClF2NO4/c21-13-2-4-19(18(23)8-13)27-11-14-9-16(5-6-24-14)28-15-3-1-12(7-20(25)26)17(22)10-15/h1-6,8-10H,7,11H2,(H,25,26). The Morgan fingerprint density at radius 3 is 2.54 bits per heavy atom. The maximum Gasteiger partial charge on any atom is 0.307 e. The number of halogens is 3. The van der Waals surface area contributed by atoms with Gasteiger partial charge in [-0.3, -0.25) is 9.78 Å². The molecule has 3 aromatic rings. The van der Waals surface area contributed by atoms with Crippen molar-refractivity contribution < 1.29 is 28.2 Å². The average Bonchev–Trinajstić information content (AvgIpc) is 2.63. The molecule has 0 bridgehead atoms. The van der Waals surface area contributed by atoms with E-state index in [0.29, 0.717) is 11.4 Å². The molecule has 0 radical (unpaired) electrons. The third-order valence-corrected chi connectivity index (χ3v) is 3.89. The summed E-state index contributed by atoms with van der Waals surface area (Å²) in [5.41, 5.74) is 0.531. The van der Waals surface area contributed by atoms with E-state index >= 15 is 0 Å². The highest BCUT2D eigenvalue weighted by molar-refractivity contribution is 6.30. The molecule has 0 spiro atoms. The van der Waals surface area contributed by atoms with Gasteiger partial charge < -0.3 is 14.6 Å². The fraction of sp³-hybridized carbons (Fsp3) is 0.100. The quantitative estimate of drug-likeness (QED) is 0.598. The number of rotatable bonds is 7. The number of carboxylic acid groups (broad SMARTS) is 1. The summed E-state index contributed by atoms with van der Waals surface area (Å²) in [4.78, 5) is 14.8. The van der Waals surface area contributed by atoms with Crippen LogP contribution in [0.2, 0.25) is 5.02 Å². The molecule has 1 aromatic heterocycles. The molecule has 0 atom stereocenters. The Bertz CT molecular complexity index is 1010. The van der Waals surface area contributed by atoms with E-state index < -0.39 is 24.0 Å². The van der Waals surface area contributed by atoms with E-state index in [0.717, 1.165) is 12.1 Å². The summed E-state index contributed by atoms with van der Waals surface area (Å²) in [7, 11) is 0.